The van der Waals surface area contributed by atoms with Gasteiger partial charge in [-0.3, -0.25) is 0 Å². The van der Waals surface area contributed by atoms with E-state index < -0.39 is 9.84 Å². The Balaban J connectivity index is 1.91. The molecule has 2 nitrogen and oxygen atoms in total. The third kappa shape index (κ3) is 3.00. The van der Waals surface area contributed by atoms with Crippen LogP contribution in [-0.4, -0.2) is 25.3 Å². The van der Waals surface area contributed by atoms with Crippen LogP contribution in [0.15, 0.2) is 0 Å². The Hall–Kier alpha value is 0.430. The second kappa shape index (κ2) is 4.97. The molecule has 0 amide bonds. The lowest BCUT2D eigenvalue weighted by atomic mass is 9.72. The molecule has 0 saturated heterocycles. The molecule has 0 aromatic heterocycles. The zero-order valence-electron chi connectivity index (χ0n) is 9.75. The van der Waals surface area contributed by atoms with Crippen molar-refractivity contribution in [2.24, 2.45) is 11.3 Å². The van der Waals surface area contributed by atoms with Crippen LogP contribution in [-0.2, 0) is 9.84 Å². The lowest BCUT2D eigenvalue weighted by molar-refractivity contribution is 0.203. The van der Waals surface area contributed by atoms with E-state index in [2.05, 4.69) is 15.9 Å². The van der Waals surface area contributed by atoms with E-state index in [9.17, 15) is 8.42 Å². The fourth-order valence-electron chi connectivity index (χ4n) is 3.05. The van der Waals surface area contributed by atoms with Crippen LogP contribution in [0.1, 0.15) is 44.9 Å². The van der Waals surface area contributed by atoms with Crippen LogP contribution in [0.25, 0.3) is 0 Å². The topological polar surface area (TPSA) is 34.1 Å². The molecule has 0 atom stereocenters. The van der Waals surface area contributed by atoms with E-state index in [1.807, 2.05) is 0 Å². The van der Waals surface area contributed by atoms with Crippen molar-refractivity contribution in [1.82, 2.24) is 0 Å². The van der Waals surface area contributed by atoms with Crippen molar-refractivity contribution < 1.29 is 8.42 Å². The van der Waals surface area contributed by atoms with Crippen LogP contribution in [0.2, 0.25) is 0 Å². The van der Waals surface area contributed by atoms with Gasteiger partial charge in [0.1, 0.15) is 0 Å². The van der Waals surface area contributed by atoms with Crippen molar-refractivity contribution in [2.45, 2.75) is 44.9 Å². The van der Waals surface area contributed by atoms with Crippen LogP contribution >= 0.6 is 15.9 Å². The van der Waals surface area contributed by atoms with E-state index in [-0.39, 0.29) is 5.41 Å². The first kappa shape index (κ1) is 12.9. The molecule has 2 rings (SSSR count). The smallest absolute Gasteiger partial charge is 0.151 e. The monoisotopic (exact) mass is 308 g/mol. The van der Waals surface area contributed by atoms with Crippen LogP contribution in [0.4, 0.5) is 0 Å². The Morgan fingerprint density at radius 3 is 2.19 bits per heavy atom. The van der Waals surface area contributed by atoms with Gasteiger partial charge in [-0.25, -0.2) is 8.42 Å². The average molecular weight is 309 g/mol. The van der Waals surface area contributed by atoms with Crippen LogP contribution in [0.5, 0.6) is 0 Å². The molecular formula is C12H21BrO2S. The maximum Gasteiger partial charge on any atom is 0.151 e. The first-order valence-electron chi connectivity index (χ1n) is 6.32. The largest absolute Gasteiger partial charge is 0.229 e. The predicted molar refractivity (Wildman–Crippen MR) is 70.7 cm³/mol. The molecule has 0 spiro atoms. The number of hydrogen-bond donors (Lipinski definition) is 0. The molecule has 0 radical (unpaired) electrons. The highest BCUT2D eigenvalue weighted by Crippen LogP contribution is 2.44. The molecule has 0 N–H and O–H groups in total. The third-order valence-electron chi connectivity index (χ3n) is 4.19. The molecular weight excluding hydrogens is 288 g/mol. The lowest BCUT2D eigenvalue weighted by Gasteiger charge is -2.40. The average Bonchev–Trinajstić information content (AvgIpc) is 2.63. The van der Waals surface area contributed by atoms with Gasteiger partial charge in [-0.05, 0) is 37.0 Å². The van der Waals surface area contributed by atoms with E-state index in [0.29, 0.717) is 17.4 Å². The quantitative estimate of drug-likeness (QED) is 0.731. The number of sulfone groups is 1. The summed E-state index contributed by atoms with van der Waals surface area (Å²) in [6.45, 7) is 0. The third-order valence-corrected chi connectivity index (χ3v) is 7.41. The van der Waals surface area contributed by atoms with Crippen LogP contribution < -0.4 is 0 Å². The summed E-state index contributed by atoms with van der Waals surface area (Å²) in [7, 11) is -2.83. The molecule has 2 aliphatic carbocycles. The molecule has 0 unspecified atom stereocenters. The summed E-state index contributed by atoms with van der Waals surface area (Å²) in [6, 6.07) is 0. The highest BCUT2D eigenvalue weighted by atomic mass is 79.9. The number of rotatable bonds is 5. The maximum atomic E-state index is 12.1. The normalized spacial score (nSPS) is 25.6. The molecule has 2 saturated carbocycles. The van der Waals surface area contributed by atoms with E-state index in [0.717, 1.165) is 31.0 Å². The van der Waals surface area contributed by atoms with Crippen LogP contribution in [0, 0.1) is 11.3 Å². The zero-order chi connectivity index (χ0) is 11.6. The summed E-state index contributed by atoms with van der Waals surface area (Å²) >= 11 is 3.48. The van der Waals surface area contributed by atoms with Gasteiger partial charge in [0.15, 0.2) is 9.84 Å². The van der Waals surface area contributed by atoms with Gasteiger partial charge in [0.25, 0.3) is 0 Å². The molecule has 0 bridgehead atoms. The van der Waals surface area contributed by atoms with Crippen molar-refractivity contribution in [3.05, 3.63) is 0 Å². The summed E-state index contributed by atoms with van der Waals surface area (Å²) in [5.74, 6) is 1.32. The van der Waals surface area contributed by atoms with Gasteiger partial charge in [-0.2, -0.15) is 0 Å². The minimum absolute atomic E-state index is 0.0808. The lowest BCUT2D eigenvalue weighted by Crippen LogP contribution is -2.39. The Morgan fingerprint density at radius 2 is 1.75 bits per heavy atom. The standard InChI is InChI=1S/C12H21BrO2S/c13-9-12(6-3-7-12)10-16(14,15)8-11-4-1-2-5-11/h11H,1-10H2. The highest BCUT2D eigenvalue weighted by molar-refractivity contribution is 9.09. The molecule has 0 aromatic rings. The maximum absolute atomic E-state index is 12.1. The first-order valence-corrected chi connectivity index (χ1v) is 9.26. The fraction of sp³-hybridized carbons (Fsp3) is 1.00. The first-order chi connectivity index (χ1) is 7.55. The molecule has 4 heteroatoms. The number of hydrogen-bond acceptors (Lipinski definition) is 2. The van der Waals surface area contributed by atoms with Gasteiger partial charge in [0.05, 0.1) is 11.5 Å². The number of halogens is 1. The second-order valence-corrected chi connectivity index (χ2v) is 8.36. The molecule has 2 fully saturated rings. The van der Waals surface area contributed by atoms with Crippen molar-refractivity contribution in [1.29, 1.82) is 0 Å². The van der Waals surface area contributed by atoms with Gasteiger partial charge >= 0.3 is 0 Å². The Labute approximate surface area is 107 Å². The van der Waals surface area contributed by atoms with Crippen molar-refractivity contribution in [2.75, 3.05) is 16.8 Å². The zero-order valence-corrected chi connectivity index (χ0v) is 12.2. The van der Waals surface area contributed by atoms with Gasteiger partial charge in [-0.15, -0.1) is 0 Å². The fourth-order valence-corrected chi connectivity index (χ4v) is 6.57. The SMILES string of the molecule is O=S(=O)(CC1CCCC1)CC1(CBr)CCC1. The molecule has 94 valence electrons. The summed E-state index contributed by atoms with van der Waals surface area (Å²) in [4.78, 5) is 0. The summed E-state index contributed by atoms with van der Waals surface area (Å²) in [5.41, 5.74) is 0.0808. The van der Waals surface area contributed by atoms with E-state index in [1.54, 1.807) is 0 Å². The Morgan fingerprint density at radius 1 is 1.12 bits per heavy atom. The Kier molecular flexibility index (Phi) is 4.00. The van der Waals surface area contributed by atoms with Gasteiger partial charge in [-0.1, -0.05) is 35.2 Å². The van der Waals surface area contributed by atoms with Crippen molar-refractivity contribution in [3.8, 4) is 0 Å². The summed E-state index contributed by atoms with van der Waals surface area (Å²) in [5, 5.41) is 0.851. The molecule has 2 aliphatic rings. The highest BCUT2D eigenvalue weighted by Gasteiger charge is 2.40. The molecule has 0 heterocycles. The molecule has 16 heavy (non-hydrogen) atoms. The molecule has 0 aromatic carbocycles. The van der Waals surface area contributed by atoms with Crippen molar-refractivity contribution >= 4 is 25.8 Å². The second-order valence-electron chi connectivity index (χ2n) is 5.69. The Bertz CT molecular complexity index is 321. The van der Waals surface area contributed by atoms with Crippen LogP contribution in [0.3, 0.4) is 0 Å². The van der Waals surface area contributed by atoms with Gasteiger partial charge < -0.3 is 0 Å². The summed E-state index contributed by atoms with van der Waals surface area (Å²) in [6.07, 6.45) is 8.07. The predicted octanol–water partition coefficient (Wildman–Crippen LogP) is 3.16. The van der Waals surface area contributed by atoms with Crippen molar-refractivity contribution in [3.63, 3.8) is 0 Å². The van der Waals surface area contributed by atoms with E-state index >= 15 is 0 Å². The minimum atomic E-state index is -2.83. The molecule has 0 aliphatic heterocycles. The van der Waals surface area contributed by atoms with E-state index in [1.165, 1.54) is 19.3 Å². The number of alkyl halides is 1. The van der Waals surface area contributed by atoms with E-state index in [4.69, 9.17) is 0 Å². The van der Waals surface area contributed by atoms with Gasteiger partial charge in [0.2, 0.25) is 0 Å². The minimum Gasteiger partial charge on any atom is -0.229 e. The van der Waals surface area contributed by atoms with Gasteiger partial charge in [0, 0.05) is 5.33 Å². The summed E-state index contributed by atoms with van der Waals surface area (Å²) < 4.78 is 24.3.